The first-order chi connectivity index (χ1) is 10.1. The van der Waals surface area contributed by atoms with Crippen LogP contribution in [0.3, 0.4) is 0 Å². The number of carboxylic acids is 1. The van der Waals surface area contributed by atoms with E-state index in [1.165, 1.54) is 17.0 Å². The molecular formula is C13H10N4O4. The van der Waals surface area contributed by atoms with Crippen LogP contribution in [0, 0.1) is 0 Å². The number of aliphatic carboxylic acids is 1. The van der Waals surface area contributed by atoms with E-state index in [1.54, 1.807) is 24.3 Å². The van der Waals surface area contributed by atoms with Gasteiger partial charge in [0.25, 0.3) is 0 Å². The number of para-hydroxylation sites is 1. The number of aromatic nitrogens is 4. The Morgan fingerprint density at radius 2 is 1.86 bits per heavy atom. The van der Waals surface area contributed by atoms with E-state index in [2.05, 4.69) is 5.10 Å². The van der Waals surface area contributed by atoms with Gasteiger partial charge in [0.1, 0.15) is 6.54 Å². The van der Waals surface area contributed by atoms with Gasteiger partial charge in [-0.1, -0.05) is 18.2 Å². The molecule has 0 aliphatic heterocycles. The number of carboxylic acid groups (broad SMARTS) is 1. The number of rotatable bonds is 3. The lowest BCUT2D eigenvalue weighted by atomic mass is 10.3. The minimum atomic E-state index is -1.20. The second kappa shape index (κ2) is 4.75. The van der Waals surface area contributed by atoms with Crippen LogP contribution in [0.5, 0.6) is 0 Å². The summed E-state index contributed by atoms with van der Waals surface area (Å²) in [6.07, 6.45) is 2.83. The first-order valence-electron chi connectivity index (χ1n) is 6.06. The van der Waals surface area contributed by atoms with Crippen molar-refractivity contribution in [3.8, 4) is 5.69 Å². The molecule has 21 heavy (non-hydrogen) atoms. The van der Waals surface area contributed by atoms with Gasteiger partial charge in [-0.25, -0.2) is 13.9 Å². The van der Waals surface area contributed by atoms with Gasteiger partial charge >= 0.3 is 17.2 Å². The van der Waals surface area contributed by atoms with Crippen molar-refractivity contribution in [2.24, 2.45) is 0 Å². The Hall–Kier alpha value is -3.16. The maximum Gasteiger partial charge on any atom is 0.351 e. The van der Waals surface area contributed by atoms with Crippen LogP contribution in [0.1, 0.15) is 0 Å². The van der Waals surface area contributed by atoms with E-state index < -0.39 is 23.8 Å². The highest BCUT2D eigenvalue weighted by atomic mass is 16.4. The molecular weight excluding hydrogens is 276 g/mol. The Labute approximate surface area is 117 Å². The summed E-state index contributed by atoms with van der Waals surface area (Å²) < 4.78 is 3.12. The van der Waals surface area contributed by atoms with E-state index in [4.69, 9.17) is 5.11 Å². The molecule has 0 bridgehead atoms. The average molecular weight is 286 g/mol. The molecule has 0 unspecified atom stereocenters. The van der Waals surface area contributed by atoms with Crippen LogP contribution in [0.15, 0.2) is 52.3 Å². The minimum Gasteiger partial charge on any atom is -0.480 e. The predicted molar refractivity (Wildman–Crippen MR) is 72.7 cm³/mol. The first kappa shape index (κ1) is 12.9. The van der Waals surface area contributed by atoms with Gasteiger partial charge in [0.2, 0.25) is 5.65 Å². The number of hydrogen-bond acceptors (Lipinski definition) is 4. The molecule has 0 amide bonds. The van der Waals surface area contributed by atoms with Gasteiger partial charge in [0.05, 0.1) is 0 Å². The summed E-state index contributed by atoms with van der Waals surface area (Å²) in [5.41, 5.74) is -0.646. The number of fused-ring (bicyclic) bond motifs is 1. The van der Waals surface area contributed by atoms with Crippen molar-refractivity contribution in [1.82, 2.24) is 18.7 Å². The SMILES string of the molecule is O=C(O)Cn1nc2c(=O)n(-c3ccccc3)ccn2c1=O. The van der Waals surface area contributed by atoms with Crippen LogP contribution in [0.25, 0.3) is 11.3 Å². The van der Waals surface area contributed by atoms with E-state index in [0.29, 0.717) is 5.69 Å². The molecule has 106 valence electrons. The molecule has 0 saturated carbocycles. The third-order valence-electron chi connectivity index (χ3n) is 2.96. The van der Waals surface area contributed by atoms with E-state index in [1.807, 2.05) is 6.07 Å². The quantitative estimate of drug-likeness (QED) is 0.714. The van der Waals surface area contributed by atoms with Crippen LogP contribution in [0.4, 0.5) is 0 Å². The number of hydrogen-bond donors (Lipinski definition) is 1. The normalized spacial score (nSPS) is 10.9. The van der Waals surface area contributed by atoms with Crippen LogP contribution in [-0.4, -0.2) is 29.8 Å². The summed E-state index contributed by atoms with van der Waals surface area (Å²) in [5, 5.41) is 12.5. The van der Waals surface area contributed by atoms with Crippen molar-refractivity contribution in [1.29, 1.82) is 0 Å². The molecule has 8 nitrogen and oxygen atoms in total. The lowest BCUT2D eigenvalue weighted by molar-refractivity contribution is -0.137. The Bertz CT molecular complexity index is 936. The van der Waals surface area contributed by atoms with E-state index in [0.717, 1.165) is 9.08 Å². The smallest absolute Gasteiger partial charge is 0.351 e. The molecule has 0 fully saturated rings. The highest BCUT2D eigenvalue weighted by molar-refractivity contribution is 5.66. The van der Waals surface area contributed by atoms with Gasteiger partial charge in [0.15, 0.2) is 0 Å². The van der Waals surface area contributed by atoms with Crippen molar-refractivity contribution in [3.63, 3.8) is 0 Å². The summed E-state index contributed by atoms with van der Waals surface area (Å²) in [6, 6.07) is 8.86. The van der Waals surface area contributed by atoms with Gasteiger partial charge < -0.3 is 5.11 Å². The zero-order valence-electron chi connectivity index (χ0n) is 10.7. The number of benzene rings is 1. The predicted octanol–water partition coefficient (Wildman–Crippen LogP) is -0.268. The Balaban J connectivity index is 2.25. The number of nitrogens with zero attached hydrogens (tertiary/aromatic N) is 4. The van der Waals surface area contributed by atoms with E-state index in [-0.39, 0.29) is 5.65 Å². The summed E-state index contributed by atoms with van der Waals surface area (Å²) in [4.78, 5) is 35.0. The summed E-state index contributed by atoms with van der Waals surface area (Å²) in [7, 11) is 0. The maximum atomic E-state index is 12.4. The van der Waals surface area contributed by atoms with Crippen molar-refractivity contribution in [3.05, 3.63) is 63.6 Å². The van der Waals surface area contributed by atoms with Crippen LogP contribution >= 0.6 is 0 Å². The molecule has 0 aliphatic carbocycles. The lowest BCUT2D eigenvalue weighted by Gasteiger charge is -2.04. The summed E-state index contributed by atoms with van der Waals surface area (Å²) in [6.45, 7) is -0.592. The van der Waals surface area contributed by atoms with Crippen molar-refractivity contribution < 1.29 is 9.90 Å². The summed E-state index contributed by atoms with van der Waals surface area (Å²) >= 11 is 0. The van der Waals surface area contributed by atoms with Crippen LogP contribution < -0.4 is 11.2 Å². The molecule has 1 aromatic carbocycles. The van der Waals surface area contributed by atoms with Crippen molar-refractivity contribution in [2.45, 2.75) is 6.54 Å². The molecule has 0 atom stereocenters. The fraction of sp³-hybridized carbons (Fsp3) is 0.0769. The standard InChI is InChI=1S/C13H10N4O4/c18-10(19)8-17-13(21)16-7-6-15(12(20)11(16)14-17)9-4-2-1-3-5-9/h1-7H,8H2,(H,18,19). The molecule has 0 spiro atoms. The zero-order chi connectivity index (χ0) is 15.0. The number of carbonyl (C=O) groups is 1. The maximum absolute atomic E-state index is 12.4. The van der Waals surface area contributed by atoms with E-state index >= 15 is 0 Å². The first-order valence-corrected chi connectivity index (χ1v) is 6.06. The fourth-order valence-corrected chi connectivity index (χ4v) is 2.03. The fourth-order valence-electron chi connectivity index (χ4n) is 2.03. The highest BCUT2D eigenvalue weighted by Gasteiger charge is 2.14. The second-order valence-electron chi connectivity index (χ2n) is 4.34. The molecule has 2 heterocycles. The third kappa shape index (κ3) is 2.12. The molecule has 3 aromatic rings. The molecule has 0 saturated heterocycles. The monoisotopic (exact) mass is 286 g/mol. The molecule has 2 aromatic heterocycles. The van der Waals surface area contributed by atoms with Crippen LogP contribution in [0.2, 0.25) is 0 Å². The molecule has 0 radical (unpaired) electrons. The van der Waals surface area contributed by atoms with E-state index in [9.17, 15) is 14.4 Å². The van der Waals surface area contributed by atoms with Gasteiger partial charge in [-0.05, 0) is 12.1 Å². The largest absolute Gasteiger partial charge is 0.480 e. The highest BCUT2D eigenvalue weighted by Crippen LogP contribution is 2.03. The van der Waals surface area contributed by atoms with Gasteiger partial charge in [-0.15, -0.1) is 5.10 Å². The Morgan fingerprint density at radius 1 is 1.14 bits per heavy atom. The minimum absolute atomic E-state index is 0.118. The Morgan fingerprint density at radius 3 is 2.52 bits per heavy atom. The van der Waals surface area contributed by atoms with Gasteiger partial charge in [0, 0.05) is 18.1 Å². The zero-order valence-corrected chi connectivity index (χ0v) is 10.7. The van der Waals surface area contributed by atoms with Gasteiger partial charge in [-0.2, -0.15) is 0 Å². The molecule has 1 N–H and O–H groups in total. The van der Waals surface area contributed by atoms with Crippen LogP contribution in [-0.2, 0) is 11.3 Å². The second-order valence-corrected chi connectivity index (χ2v) is 4.34. The third-order valence-corrected chi connectivity index (χ3v) is 2.96. The molecule has 3 rings (SSSR count). The van der Waals surface area contributed by atoms with Crippen molar-refractivity contribution >= 4 is 11.6 Å². The molecule has 0 aliphatic rings. The summed E-state index contributed by atoms with van der Waals surface area (Å²) in [5.74, 6) is -1.20. The average Bonchev–Trinajstić information content (AvgIpc) is 2.78. The topological polar surface area (TPSA) is 98.6 Å². The van der Waals surface area contributed by atoms with Gasteiger partial charge in [-0.3, -0.25) is 14.2 Å². The molecule has 8 heteroatoms. The van der Waals surface area contributed by atoms with Crippen molar-refractivity contribution in [2.75, 3.05) is 0 Å². The lowest BCUT2D eigenvalue weighted by Crippen LogP contribution is -2.25. The Kier molecular flexibility index (Phi) is 2.90.